The molecular weight excluding hydrogens is 392 g/mol. The van der Waals surface area contributed by atoms with Crippen LogP contribution in [0.5, 0.6) is 5.75 Å². The van der Waals surface area contributed by atoms with E-state index in [0.717, 1.165) is 20.2 Å². The molecule has 1 atom stereocenters. The maximum Gasteiger partial charge on any atom is 0.232 e. The second kappa shape index (κ2) is 6.13. The van der Waals surface area contributed by atoms with Crippen molar-refractivity contribution in [2.75, 3.05) is 19.0 Å². The van der Waals surface area contributed by atoms with Crippen LogP contribution in [0.3, 0.4) is 0 Å². The molecule has 1 aliphatic heterocycles. The van der Waals surface area contributed by atoms with E-state index in [1.807, 2.05) is 0 Å². The number of carbonyl (C=O) groups excluding carboxylic acids is 2. The number of benzene rings is 1. The molecule has 1 unspecified atom stereocenters. The molecule has 1 aliphatic rings. The molecule has 108 valence electrons. The first kappa shape index (κ1) is 15.3. The number of ether oxygens (including phenoxy) is 1. The Morgan fingerprint density at radius 2 is 2.20 bits per heavy atom. The SMILES string of the molecule is COc1cc(Br)c2c(c1Br)C(CCNC(C)=O)C(=O)N2. The number of halogens is 2. The van der Waals surface area contributed by atoms with Crippen molar-refractivity contribution in [2.45, 2.75) is 19.3 Å². The fourth-order valence-corrected chi connectivity index (χ4v) is 3.51. The molecule has 2 amide bonds. The Balaban J connectivity index is 2.33. The highest BCUT2D eigenvalue weighted by Crippen LogP contribution is 2.47. The third-order valence-corrected chi connectivity index (χ3v) is 4.60. The zero-order valence-corrected chi connectivity index (χ0v) is 14.2. The van der Waals surface area contributed by atoms with E-state index in [0.29, 0.717) is 18.7 Å². The number of carbonyl (C=O) groups is 2. The summed E-state index contributed by atoms with van der Waals surface area (Å²) in [6.45, 7) is 1.91. The summed E-state index contributed by atoms with van der Waals surface area (Å²) in [5, 5.41) is 5.57. The van der Waals surface area contributed by atoms with E-state index < -0.39 is 0 Å². The molecule has 20 heavy (non-hydrogen) atoms. The van der Waals surface area contributed by atoms with E-state index in [1.54, 1.807) is 13.2 Å². The maximum absolute atomic E-state index is 12.1. The lowest BCUT2D eigenvalue weighted by molar-refractivity contribution is -0.120. The van der Waals surface area contributed by atoms with Crippen molar-refractivity contribution in [1.29, 1.82) is 0 Å². The molecule has 5 nitrogen and oxygen atoms in total. The highest BCUT2D eigenvalue weighted by molar-refractivity contribution is 9.11. The predicted molar refractivity (Wildman–Crippen MR) is 83.1 cm³/mol. The van der Waals surface area contributed by atoms with Gasteiger partial charge in [-0.25, -0.2) is 0 Å². The molecular formula is C13H14Br2N2O3. The first-order valence-corrected chi connectivity index (χ1v) is 7.65. The maximum atomic E-state index is 12.1. The van der Waals surface area contributed by atoms with Gasteiger partial charge in [0.15, 0.2) is 0 Å². The highest BCUT2D eigenvalue weighted by atomic mass is 79.9. The van der Waals surface area contributed by atoms with Gasteiger partial charge in [-0.3, -0.25) is 9.59 Å². The summed E-state index contributed by atoms with van der Waals surface area (Å²) in [5.41, 5.74) is 1.63. The molecule has 0 aromatic heterocycles. The van der Waals surface area contributed by atoms with Gasteiger partial charge in [0.05, 0.1) is 23.2 Å². The summed E-state index contributed by atoms with van der Waals surface area (Å²) in [4.78, 5) is 23.0. The van der Waals surface area contributed by atoms with E-state index in [4.69, 9.17) is 4.74 Å². The van der Waals surface area contributed by atoms with Crippen LogP contribution in [0.25, 0.3) is 0 Å². The average molecular weight is 406 g/mol. The van der Waals surface area contributed by atoms with Crippen LogP contribution in [-0.4, -0.2) is 25.5 Å². The molecule has 2 N–H and O–H groups in total. The van der Waals surface area contributed by atoms with Crippen molar-refractivity contribution in [3.05, 3.63) is 20.6 Å². The fraction of sp³-hybridized carbons (Fsp3) is 0.385. The first-order chi connectivity index (χ1) is 9.45. The van der Waals surface area contributed by atoms with Gasteiger partial charge in [-0.05, 0) is 44.3 Å². The van der Waals surface area contributed by atoms with Crippen LogP contribution in [-0.2, 0) is 9.59 Å². The van der Waals surface area contributed by atoms with Crippen molar-refractivity contribution >= 4 is 49.4 Å². The average Bonchev–Trinajstić information content (AvgIpc) is 2.72. The molecule has 7 heteroatoms. The Morgan fingerprint density at radius 3 is 2.80 bits per heavy atom. The van der Waals surface area contributed by atoms with E-state index in [1.165, 1.54) is 6.92 Å². The molecule has 1 aromatic rings. The van der Waals surface area contributed by atoms with Crippen LogP contribution >= 0.6 is 31.9 Å². The smallest absolute Gasteiger partial charge is 0.232 e. The van der Waals surface area contributed by atoms with Crippen molar-refractivity contribution in [3.63, 3.8) is 0 Å². The minimum Gasteiger partial charge on any atom is -0.496 e. The molecule has 0 spiro atoms. The van der Waals surface area contributed by atoms with Crippen LogP contribution in [0, 0.1) is 0 Å². The Bertz CT molecular complexity index is 575. The number of methoxy groups -OCH3 is 1. The molecule has 0 radical (unpaired) electrons. The summed E-state index contributed by atoms with van der Waals surface area (Å²) >= 11 is 6.92. The number of nitrogens with one attached hydrogen (secondary N) is 2. The van der Waals surface area contributed by atoms with E-state index in [2.05, 4.69) is 42.5 Å². The van der Waals surface area contributed by atoms with Gasteiger partial charge in [-0.15, -0.1) is 0 Å². The van der Waals surface area contributed by atoms with Crippen LogP contribution < -0.4 is 15.4 Å². The molecule has 0 bridgehead atoms. The highest BCUT2D eigenvalue weighted by Gasteiger charge is 2.35. The lowest BCUT2D eigenvalue weighted by Gasteiger charge is -2.14. The summed E-state index contributed by atoms with van der Waals surface area (Å²) in [6, 6.07) is 1.80. The number of hydrogen-bond acceptors (Lipinski definition) is 3. The molecule has 0 fully saturated rings. The van der Waals surface area contributed by atoms with Crippen LogP contribution in [0.4, 0.5) is 5.69 Å². The van der Waals surface area contributed by atoms with E-state index >= 15 is 0 Å². The zero-order valence-electron chi connectivity index (χ0n) is 11.0. The molecule has 1 heterocycles. The third-order valence-electron chi connectivity index (χ3n) is 3.16. The predicted octanol–water partition coefficient (Wildman–Crippen LogP) is 2.78. The second-order valence-corrected chi connectivity index (χ2v) is 6.12. The molecule has 0 saturated heterocycles. The Kier molecular flexibility index (Phi) is 4.70. The van der Waals surface area contributed by atoms with Crippen LogP contribution in [0.1, 0.15) is 24.8 Å². The van der Waals surface area contributed by atoms with Gasteiger partial charge in [-0.1, -0.05) is 0 Å². The normalized spacial score (nSPS) is 16.6. The van der Waals surface area contributed by atoms with Gasteiger partial charge in [0.2, 0.25) is 11.8 Å². The minimum absolute atomic E-state index is 0.0694. The number of rotatable bonds is 4. The number of amides is 2. The van der Waals surface area contributed by atoms with Gasteiger partial charge in [0, 0.05) is 23.5 Å². The molecule has 2 rings (SSSR count). The standard InChI is InChI=1S/C13H14Br2N2O3/c1-6(18)16-4-3-7-10-11(15)9(20-2)5-8(14)12(10)17-13(7)19/h5,7H,3-4H2,1-2H3,(H,16,18)(H,17,19). The fourth-order valence-electron chi connectivity index (χ4n) is 2.23. The summed E-state index contributed by atoms with van der Waals surface area (Å²) in [7, 11) is 1.58. The number of anilines is 1. The Hall–Kier alpha value is -1.08. The van der Waals surface area contributed by atoms with Crippen LogP contribution in [0.2, 0.25) is 0 Å². The lowest BCUT2D eigenvalue weighted by Crippen LogP contribution is -2.24. The van der Waals surface area contributed by atoms with Gasteiger partial charge in [0.1, 0.15) is 5.75 Å². The van der Waals surface area contributed by atoms with Crippen molar-refractivity contribution < 1.29 is 14.3 Å². The minimum atomic E-state index is -0.308. The van der Waals surface area contributed by atoms with Gasteiger partial charge in [-0.2, -0.15) is 0 Å². The van der Waals surface area contributed by atoms with Crippen molar-refractivity contribution in [3.8, 4) is 5.75 Å². The number of fused-ring (bicyclic) bond motifs is 1. The van der Waals surface area contributed by atoms with Crippen molar-refractivity contribution in [1.82, 2.24) is 5.32 Å². The summed E-state index contributed by atoms with van der Waals surface area (Å²) in [5.74, 6) is 0.184. The van der Waals surface area contributed by atoms with E-state index in [-0.39, 0.29) is 17.7 Å². The summed E-state index contributed by atoms with van der Waals surface area (Å²) in [6.07, 6.45) is 0.538. The molecule has 1 aromatic carbocycles. The first-order valence-electron chi connectivity index (χ1n) is 6.07. The molecule has 0 aliphatic carbocycles. The lowest BCUT2D eigenvalue weighted by atomic mass is 9.97. The van der Waals surface area contributed by atoms with E-state index in [9.17, 15) is 9.59 Å². The second-order valence-electron chi connectivity index (χ2n) is 4.48. The van der Waals surface area contributed by atoms with Crippen LogP contribution in [0.15, 0.2) is 15.0 Å². The monoisotopic (exact) mass is 404 g/mol. The number of hydrogen-bond donors (Lipinski definition) is 2. The Morgan fingerprint density at radius 1 is 1.50 bits per heavy atom. The topological polar surface area (TPSA) is 67.4 Å². The Labute approximate surface area is 133 Å². The van der Waals surface area contributed by atoms with Gasteiger partial charge in [0.25, 0.3) is 0 Å². The van der Waals surface area contributed by atoms with Gasteiger partial charge >= 0.3 is 0 Å². The largest absolute Gasteiger partial charge is 0.496 e. The zero-order chi connectivity index (χ0) is 14.9. The van der Waals surface area contributed by atoms with Crippen molar-refractivity contribution in [2.24, 2.45) is 0 Å². The summed E-state index contributed by atoms with van der Waals surface area (Å²) < 4.78 is 6.84. The third kappa shape index (κ3) is 2.83. The molecule has 0 saturated carbocycles. The quantitative estimate of drug-likeness (QED) is 0.809. The van der Waals surface area contributed by atoms with Gasteiger partial charge < -0.3 is 15.4 Å².